The molecule has 0 amide bonds. The molecule has 0 spiro atoms. The molecule has 0 aromatic heterocycles. The van der Waals surface area contributed by atoms with E-state index in [2.05, 4.69) is 10.2 Å². The largest absolute Gasteiger partial charge is 0.497 e. The number of nitrogens with zero attached hydrogens (tertiary/aromatic N) is 2. The zero-order valence-corrected chi connectivity index (χ0v) is 12.2. The first kappa shape index (κ1) is 14.6. The molecule has 2 aromatic carbocycles. The van der Waals surface area contributed by atoms with Crippen molar-refractivity contribution in [1.82, 2.24) is 0 Å². The summed E-state index contributed by atoms with van der Waals surface area (Å²) in [6.45, 7) is 0. The van der Waals surface area contributed by atoms with Crippen LogP contribution in [0.5, 0.6) is 17.2 Å². The monoisotopic (exact) mass is 287 g/mol. The number of hydrogen-bond donors (Lipinski definition) is 1. The van der Waals surface area contributed by atoms with Gasteiger partial charge in [0, 0.05) is 12.1 Å². The van der Waals surface area contributed by atoms with Crippen molar-refractivity contribution in [3.63, 3.8) is 0 Å². The van der Waals surface area contributed by atoms with Gasteiger partial charge in [-0.1, -0.05) is 0 Å². The van der Waals surface area contributed by atoms with E-state index in [1.54, 1.807) is 33.5 Å². The Bertz CT molecular complexity index is 639. The topological polar surface area (TPSA) is 78.4 Å². The number of anilines is 1. The first-order chi connectivity index (χ1) is 10.2. The second-order valence-corrected chi connectivity index (χ2v) is 4.16. The maximum Gasteiger partial charge on any atom is 0.148 e. The van der Waals surface area contributed by atoms with E-state index in [-0.39, 0.29) is 0 Å². The third-order valence-electron chi connectivity index (χ3n) is 2.88. The van der Waals surface area contributed by atoms with Crippen LogP contribution in [0.3, 0.4) is 0 Å². The van der Waals surface area contributed by atoms with Gasteiger partial charge in [0.2, 0.25) is 0 Å². The van der Waals surface area contributed by atoms with Gasteiger partial charge in [-0.3, -0.25) is 0 Å². The SMILES string of the molecule is COc1ccc(N=Nc2cc(OC)c(N)cc2OC)cc1. The van der Waals surface area contributed by atoms with E-state index in [1.165, 1.54) is 0 Å². The average Bonchev–Trinajstić information content (AvgIpc) is 2.53. The van der Waals surface area contributed by atoms with Gasteiger partial charge < -0.3 is 19.9 Å². The molecule has 110 valence electrons. The zero-order valence-electron chi connectivity index (χ0n) is 12.2. The molecule has 0 aliphatic rings. The molecule has 0 saturated heterocycles. The number of methoxy groups -OCH3 is 3. The molecule has 0 heterocycles. The van der Waals surface area contributed by atoms with Gasteiger partial charge in [0.05, 0.1) is 32.7 Å². The number of rotatable bonds is 5. The molecular formula is C15H17N3O3. The highest BCUT2D eigenvalue weighted by Gasteiger charge is 2.08. The fourth-order valence-electron chi connectivity index (χ4n) is 1.74. The van der Waals surface area contributed by atoms with Crippen molar-refractivity contribution in [3.8, 4) is 17.2 Å². The van der Waals surface area contributed by atoms with E-state index in [9.17, 15) is 0 Å². The van der Waals surface area contributed by atoms with Crippen molar-refractivity contribution in [1.29, 1.82) is 0 Å². The van der Waals surface area contributed by atoms with Crippen LogP contribution < -0.4 is 19.9 Å². The maximum absolute atomic E-state index is 5.82. The predicted molar refractivity (Wildman–Crippen MR) is 81.1 cm³/mol. The molecule has 21 heavy (non-hydrogen) atoms. The molecule has 0 aliphatic carbocycles. The van der Waals surface area contributed by atoms with Crippen LogP contribution >= 0.6 is 0 Å². The van der Waals surface area contributed by atoms with Crippen molar-refractivity contribution < 1.29 is 14.2 Å². The van der Waals surface area contributed by atoms with Gasteiger partial charge in [0.25, 0.3) is 0 Å². The van der Waals surface area contributed by atoms with E-state index < -0.39 is 0 Å². The van der Waals surface area contributed by atoms with E-state index in [4.69, 9.17) is 19.9 Å². The molecule has 2 aromatic rings. The summed E-state index contributed by atoms with van der Waals surface area (Å²) in [4.78, 5) is 0. The van der Waals surface area contributed by atoms with Gasteiger partial charge in [0.15, 0.2) is 0 Å². The van der Waals surface area contributed by atoms with Gasteiger partial charge in [0.1, 0.15) is 22.9 Å². The summed E-state index contributed by atoms with van der Waals surface area (Å²) >= 11 is 0. The highest BCUT2D eigenvalue weighted by Crippen LogP contribution is 2.37. The highest BCUT2D eigenvalue weighted by atomic mass is 16.5. The smallest absolute Gasteiger partial charge is 0.148 e. The second-order valence-electron chi connectivity index (χ2n) is 4.16. The molecule has 0 atom stereocenters. The van der Waals surface area contributed by atoms with Gasteiger partial charge >= 0.3 is 0 Å². The van der Waals surface area contributed by atoms with Crippen LogP contribution in [-0.2, 0) is 0 Å². The van der Waals surface area contributed by atoms with Crippen LogP contribution in [0.4, 0.5) is 17.1 Å². The summed E-state index contributed by atoms with van der Waals surface area (Å²) in [5, 5.41) is 8.33. The number of nitrogen functional groups attached to an aromatic ring is 1. The summed E-state index contributed by atoms with van der Waals surface area (Å²) in [7, 11) is 4.71. The first-order valence-corrected chi connectivity index (χ1v) is 6.25. The van der Waals surface area contributed by atoms with Gasteiger partial charge in [-0.2, -0.15) is 5.11 Å². The predicted octanol–water partition coefficient (Wildman–Crippen LogP) is 3.71. The number of ether oxygens (including phenoxy) is 3. The van der Waals surface area contributed by atoms with Crippen molar-refractivity contribution in [2.75, 3.05) is 27.1 Å². The van der Waals surface area contributed by atoms with Crippen molar-refractivity contribution >= 4 is 17.1 Å². The lowest BCUT2D eigenvalue weighted by atomic mass is 10.2. The molecule has 6 nitrogen and oxygen atoms in total. The third kappa shape index (κ3) is 3.42. The average molecular weight is 287 g/mol. The highest BCUT2D eigenvalue weighted by molar-refractivity contribution is 5.66. The van der Waals surface area contributed by atoms with Crippen molar-refractivity contribution in [3.05, 3.63) is 36.4 Å². The van der Waals surface area contributed by atoms with E-state index in [0.29, 0.717) is 28.6 Å². The minimum Gasteiger partial charge on any atom is -0.497 e. The third-order valence-corrected chi connectivity index (χ3v) is 2.88. The lowest BCUT2D eigenvalue weighted by Gasteiger charge is -2.09. The van der Waals surface area contributed by atoms with Crippen LogP contribution in [0, 0.1) is 0 Å². The van der Waals surface area contributed by atoms with Crippen LogP contribution in [0.1, 0.15) is 0 Å². The van der Waals surface area contributed by atoms with E-state index in [0.717, 1.165) is 5.75 Å². The van der Waals surface area contributed by atoms with Gasteiger partial charge in [-0.05, 0) is 24.3 Å². The van der Waals surface area contributed by atoms with Crippen LogP contribution in [0.25, 0.3) is 0 Å². The summed E-state index contributed by atoms with van der Waals surface area (Å²) in [5.41, 5.74) is 7.55. The fourth-order valence-corrected chi connectivity index (χ4v) is 1.74. The number of azo groups is 1. The van der Waals surface area contributed by atoms with Crippen LogP contribution in [0.15, 0.2) is 46.6 Å². The normalized spacial score (nSPS) is 10.6. The molecule has 2 rings (SSSR count). The molecule has 0 radical (unpaired) electrons. The minimum atomic E-state index is 0.484. The first-order valence-electron chi connectivity index (χ1n) is 6.25. The maximum atomic E-state index is 5.82. The molecule has 0 saturated carbocycles. The lowest BCUT2D eigenvalue weighted by Crippen LogP contribution is -1.93. The molecular weight excluding hydrogens is 270 g/mol. The zero-order chi connectivity index (χ0) is 15.2. The summed E-state index contributed by atoms with van der Waals surface area (Å²) in [6, 6.07) is 10.6. The Morgan fingerprint density at radius 2 is 1.48 bits per heavy atom. The molecule has 2 N–H and O–H groups in total. The standard InChI is InChI=1S/C15H17N3O3/c1-19-11-6-4-10(5-7-11)17-18-13-9-14(20-2)12(16)8-15(13)21-3/h4-9H,16H2,1-3H3. The lowest BCUT2D eigenvalue weighted by molar-refractivity contribution is 0.406. The number of hydrogen-bond acceptors (Lipinski definition) is 6. The Morgan fingerprint density at radius 1 is 0.810 bits per heavy atom. The Hall–Kier alpha value is -2.76. The number of benzene rings is 2. The van der Waals surface area contributed by atoms with Crippen LogP contribution in [-0.4, -0.2) is 21.3 Å². The van der Waals surface area contributed by atoms with Gasteiger partial charge in [-0.25, -0.2) is 0 Å². The molecule has 0 aliphatic heterocycles. The quantitative estimate of drug-likeness (QED) is 0.671. The van der Waals surface area contributed by atoms with Crippen LogP contribution in [0.2, 0.25) is 0 Å². The van der Waals surface area contributed by atoms with Crippen molar-refractivity contribution in [2.24, 2.45) is 10.2 Å². The molecule has 0 unspecified atom stereocenters. The van der Waals surface area contributed by atoms with Gasteiger partial charge in [-0.15, -0.1) is 5.11 Å². The second kappa shape index (κ2) is 6.60. The Morgan fingerprint density at radius 3 is 2.05 bits per heavy atom. The molecule has 6 heteroatoms. The summed E-state index contributed by atoms with van der Waals surface area (Å²) in [5.74, 6) is 1.82. The summed E-state index contributed by atoms with van der Waals surface area (Å²) in [6.07, 6.45) is 0. The van der Waals surface area contributed by atoms with Crippen molar-refractivity contribution in [2.45, 2.75) is 0 Å². The summed E-state index contributed by atoms with van der Waals surface area (Å²) < 4.78 is 15.5. The Labute approximate surface area is 123 Å². The van der Waals surface area contributed by atoms with E-state index >= 15 is 0 Å². The number of nitrogens with two attached hydrogens (primary N) is 1. The Balaban J connectivity index is 2.30. The fraction of sp³-hybridized carbons (Fsp3) is 0.200. The molecule has 0 bridgehead atoms. The van der Waals surface area contributed by atoms with E-state index in [1.807, 2.05) is 24.3 Å². The minimum absolute atomic E-state index is 0.484. The molecule has 0 fully saturated rings. The Kier molecular flexibility index (Phi) is 4.61.